The number of alkyl halides is 6. The van der Waals surface area contributed by atoms with Crippen molar-refractivity contribution in [3.05, 3.63) is 23.3 Å². The monoisotopic (exact) mass is 442 g/mol. The van der Waals surface area contributed by atoms with E-state index < -0.39 is 55.0 Å². The Labute approximate surface area is 148 Å². The summed E-state index contributed by atoms with van der Waals surface area (Å²) in [5.41, 5.74) is -12.1. The predicted molar refractivity (Wildman–Crippen MR) is 73.4 cm³/mol. The van der Waals surface area contributed by atoms with Crippen LogP contribution in [0.25, 0.3) is 0 Å². The summed E-state index contributed by atoms with van der Waals surface area (Å²) in [6.45, 7) is 0. The standard InChI is InChI=1S/C12H8F6O7S2/c13-11(14,15)26(19,20)24-7-3-4-8(25-27(21,22)12(16,17)18)10-6-2-1-5(23-6)9(7)10/h3-6H,1-2H2. The molecule has 1 aromatic rings. The molecule has 2 bridgehead atoms. The molecule has 2 unspecified atom stereocenters. The summed E-state index contributed by atoms with van der Waals surface area (Å²) < 4.78 is 133. The zero-order valence-corrected chi connectivity index (χ0v) is 14.3. The number of hydrogen-bond acceptors (Lipinski definition) is 7. The molecule has 152 valence electrons. The van der Waals surface area contributed by atoms with E-state index in [2.05, 4.69) is 8.37 Å². The fourth-order valence-corrected chi connectivity index (χ4v) is 3.75. The average molecular weight is 442 g/mol. The van der Waals surface area contributed by atoms with Crippen molar-refractivity contribution in [3.8, 4) is 11.5 Å². The minimum atomic E-state index is -6.06. The van der Waals surface area contributed by atoms with Crippen LogP contribution >= 0.6 is 0 Å². The molecule has 0 amide bonds. The highest BCUT2D eigenvalue weighted by molar-refractivity contribution is 7.88. The van der Waals surface area contributed by atoms with Crippen LogP contribution in [0.15, 0.2) is 12.1 Å². The summed E-state index contributed by atoms with van der Waals surface area (Å²) in [5, 5.41) is 0. The molecular weight excluding hydrogens is 434 g/mol. The summed E-state index contributed by atoms with van der Waals surface area (Å²) in [6, 6.07) is 1.15. The van der Waals surface area contributed by atoms with E-state index in [1.165, 1.54) is 0 Å². The molecule has 0 N–H and O–H groups in total. The first-order valence-corrected chi connectivity index (χ1v) is 9.79. The van der Waals surface area contributed by atoms with Crippen LogP contribution in [-0.2, 0) is 25.0 Å². The summed E-state index contributed by atoms with van der Waals surface area (Å²) >= 11 is 0. The zero-order chi connectivity index (χ0) is 20.4. The van der Waals surface area contributed by atoms with Crippen LogP contribution in [-0.4, -0.2) is 27.9 Å². The fourth-order valence-electron chi connectivity index (χ4n) is 2.80. The van der Waals surface area contributed by atoms with Gasteiger partial charge in [-0.25, -0.2) is 0 Å². The Balaban J connectivity index is 2.07. The maximum Gasteiger partial charge on any atom is 0.534 e. The predicted octanol–water partition coefficient (Wildman–Crippen LogP) is 3.05. The van der Waals surface area contributed by atoms with Crippen LogP contribution in [0.1, 0.15) is 36.2 Å². The molecule has 3 rings (SSSR count). The highest BCUT2D eigenvalue weighted by atomic mass is 32.2. The molecule has 0 spiro atoms. The van der Waals surface area contributed by atoms with E-state index in [9.17, 15) is 43.2 Å². The maximum absolute atomic E-state index is 12.5. The lowest BCUT2D eigenvalue weighted by Crippen LogP contribution is -2.29. The number of rotatable bonds is 4. The van der Waals surface area contributed by atoms with Crippen molar-refractivity contribution in [3.63, 3.8) is 0 Å². The van der Waals surface area contributed by atoms with E-state index in [-0.39, 0.29) is 24.0 Å². The first kappa shape index (κ1) is 20.0. The molecule has 0 saturated carbocycles. The summed E-state index contributed by atoms with van der Waals surface area (Å²) in [4.78, 5) is 0. The smallest absolute Gasteiger partial charge is 0.376 e. The molecule has 2 heterocycles. The van der Waals surface area contributed by atoms with Gasteiger partial charge in [0.25, 0.3) is 0 Å². The number of benzene rings is 1. The Morgan fingerprint density at radius 2 is 1.11 bits per heavy atom. The fraction of sp³-hybridized carbons (Fsp3) is 0.500. The molecule has 0 aliphatic carbocycles. The van der Waals surface area contributed by atoms with Crippen molar-refractivity contribution < 1.29 is 56.3 Å². The third-order valence-corrected chi connectivity index (χ3v) is 5.77. The SMILES string of the molecule is O=S(=O)(Oc1ccc(OS(=O)(=O)C(F)(F)F)c2c1C1CCC2O1)C(F)(F)F. The number of halogens is 6. The molecule has 2 aliphatic rings. The van der Waals surface area contributed by atoms with E-state index in [0.29, 0.717) is 12.1 Å². The summed E-state index contributed by atoms with van der Waals surface area (Å²) in [7, 11) is -12.1. The van der Waals surface area contributed by atoms with Gasteiger partial charge in [0.05, 0.1) is 12.2 Å². The Bertz CT molecular complexity index is 902. The highest BCUT2D eigenvalue weighted by Gasteiger charge is 2.52. The van der Waals surface area contributed by atoms with Gasteiger partial charge in [-0.05, 0) is 25.0 Å². The van der Waals surface area contributed by atoms with Crippen LogP contribution in [0.3, 0.4) is 0 Å². The quantitative estimate of drug-likeness (QED) is 0.402. The van der Waals surface area contributed by atoms with Gasteiger partial charge in [-0.3, -0.25) is 0 Å². The molecular formula is C12H8F6O7S2. The minimum Gasteiger partial charge on any atom is -0.376 e. The van der Waals surface area contributed by atoms with E-state index in [0.717, 1.165) is 0 Å². The van der Waals surface area contributed by atoms with Gasteiger partial charge >= 0.3 is 31.3 Å². The Morgan fingerprint density at radius 3 is 1.41 bits per heavy atom. The minimum absolute atomic E-state index is 0.218. The molecule has 1 saturated heterocycles. The first-order chi connectivity index (χ1) is 12.1. The van der Waals surface area contributed by atoms with Crippen molar-refractivity contribution >= 4 is 20.2 Å². The molecule has 1 fully saturated rings. The highest BCUT2D eigenvalue weighted by Crippen LogP contribution is 2.57. The third-order valence-electron chi connectivity index (χ3n) is 3.84. The second-order valence-electron chi connectivity index (χ2n) is 5.55. The average Bonchev–Trinajstić information content (AvgIpc) is 3.08. The van der Waals surface area contributed by atoms with E-state index in [1.807, 2.05) is 0 Å². The van der Waals surface area contributed by atoms with Gasteiger partial charge < -0.3 is 13.1 Å². The lowest BCUT2D eigenvalue weighted by atomic mass is 9.90. The molecule has 27 heavy (non-hydrogen) atoms. The normalized spacial score (nSPS) is 22.6. The Hall–Kier alpha value is -1.74. The van der Waals surface area contributed by atoms with Crippen LogP contribution in [0.2, 0.25) is 0 Å². The van der Waals surface area contributed by atoms with Crippen LogP contribution in [0.4, 0.5) is 26.3 Å². The van der Waals surface area contributed by atoms with Gasteiger partial charge in [0.15, 0.2) is 0 Å². The second kappa shape index (κ2) is 5.88. The zero-order valence-electron chi connectivity index (χ0n) is 12.7. The number of hydrogen-bond donors (Lipinski definition) is 0. The molecule has 7 nitrogen and oxygen atoms in total. The van der Waals surface area contributed by atoms with Gasteiger partial charge in [-0.15, -0.1) is 0 Å². The van der Waals surface area contributed by atoms with E-state index >= 15 is 0 Å². The van der Waals surface area contributed by atoms with Crippen LogP contribution in [0, 0.1) is 0 Å². The Morgan fingerprint density at radius 1 is 0.778 bits per heavy atom. The van der Waals surface area contributed by atoms with Crippen molar-refractivity contribution in [2.24, 2.45) is 0 Å². The van der Waals surface area contributed by atoms with Crippen molar-refractivity contribution in [2.75, 3.05) is 0 Å². The van der Waals surface area contributed by atoms with Gasteiger partial charge in [-0.2, -0.15) is 43.2 Å². The summed E-state index contributed by atoms with van der Waals surface area (Å²) in [5.74, 6) is -1.66. The van der Waals surface area contributed by atoms with Gasteiger partial charge in [0.1, 0.15) is 11.5 Å². The molecule has 1 aromatic carbocycles. The second-order valence-corrected chi connectivity index (χ2v) is 8.62. The number of fused-ring (bicyclic) bond motifs is 5. The van der Waals surface area contributed by atoms with Gasteiger partial charge in [-0.1, -0.05) is 0 Å². The maximum atomic E-state index is 12.5. The van der Waals surface area contributed by atoms with Crippen molar-refractivity contribution in [1.29, 1.82) is 0 Å². The molecule has 15 heteroatoms. The molecule has 2 aliphatic heterocycles. The number of ether oxygens (including phenoxy) is 1. The molecule has 0 aromatic heterocycles. The third kappa shape index (κ3) is 3.31. The largest absolute Gasteiger partial charge is 0.534 e. The first-order valence-electron chi connectivity index (χ1n) is 6.98. The van der Waals surface area contributed by atoms with Gasteiger partial charge in [0, 0.05) is 11.1 Å². The summed E-state index contributed by atoms with van der Waals surface area (Å²) in [6.07, 6.45) is -1.51. The van der Waals surface area contributed by atoms with E-state index in [1.54, 1.807) is 0 Å². The molecule has 2 atom stereocenters. The van der Waals surface area contributed by atoms with Crippen molar-refractivity contribution in [2.45, 2.75) is 36.1 Å². The van der Waals surface area contributed by atoms with E-state index in [4.69, 9.17) is 4.74 Å². The van der Waals surface area contributed by atoms with Crippen LogP contribution < -0.4 is 8.37 Å². The van der Waals surface area contributed by atoms with Gasteiger partial charge in [0.2, 0.25) is 0 Å². The van der Waals surface area contributed by atoms with Crippen LogP contribution in [0.5, 0.6) is 11.5 Å². The lowest BCUT2D eigenvalue weighted by molar-refractivity contribution is -0.0506. The lowest BCUT2D eigenvalue weighted by Gasteiger charge is -2.20. The molecule has 0 radical (unpaired) electrons. The van der Waals surface area contributed by atoms with Crippen molar-refractivity contribution in [1.82, 2.24) is 0 Å². The topological polar surface area (TPSA) is 96.0 Å². The Kier molecular flexibility index (Phi) is 4.35.